The predicted molar refractivity (Wildman–Crippen MR) is 88.1 cm³/mol. The van der Waals surface area contributed by atoms with Crippen LogP contribution < -0.4 is 10.6 Å². The highest BCUT2D eigenvalue weighted by Crippen LogP contribution is 2.34. The molecule has 3 rings (SSSR count). The predicted octanol–water partition coefficient (Wildman–Crippen LogP) is 3.24. The van der Waals surface area contributed by atoms with Crippen LogP contribution in [0, 0.1) is 17.2 Å². The summed E-state index contributed by atoms with van der Waals surface area (Å²) in [5.74, 6) is -1.04. The number of hydrogen-bond donors (Lipinski definition) is 1. The van der Waals surface area contributed by atoms with E-state index in [1.165, 1.54) is 0 Å². The number of nitrogens with two attached hydrogens (primary N) is 1. The quantitative estimate of drug-likeness (QED) is 0.851. The van der Waals surface area contributed by atoms with Gasteiger partial charge in [-0.15, -0.1) is 12.4 Å². The standard InChI is InChI=1S/C16H15F3N4.ClH/c17-16(18,19)12-6-13(21)9-23(8-12)14-5-4-10-2-1-3-11(7-20)15(10)22-14;/h1-5,12-13H,6,8-9,21H2;1H/t12-,13+;/m0./s1. The summed E-state index contributed by atoms with van der Waals surface area (Å²) in [6.45, 7) is 0.157. The van der Waals surface area contributed by atoms with Crippen molar-refractivity contribution in [3.05, 3.63) is 35.9 Å². The van der Waals surface area contributed by atoms with Gasteiger partial charge in [0.2, 0.25) is 0 Å². The summed E-state index contributed by atoms with van der Waals surface area (Å²) in [4.78, 5) is 5.96. The molecule has 2 aromatic rings. The van der Waals surface area contributed by atoms with E-state index in [1.807, 2.05) is 6.07 Å². The van der Waals surface area contributed by atoms with Crippen LogP contribution in [0.5, 0.6) is 0 Å². The van der Waals surface area contributed by atoms with E-state index in [-0.39, 0.29) is 25.4 Å². The van der Waals surface area contributed by atoms with Crippen LogP contribution in [0.2, 0.25) is 0 Å². The number of nitriles is 1. The molecule has 2 heterocycles. The van der Waals surface area contributed by atoms with Crippen molar-refractivity contribution in [1.82, 2.24) is 4.98 Å². The molecule has 1 aliphatic rings. The van der Waals surface area contributed by atoms with E-state index in [2.05, 4.69) is 11.1 Å². The molecule has 0 bridgehead atoms. The topological polar surface area (TPSA) is 65.9 Å². The minimum absolute atomic E-state index is 0. The highest BCUT2D eigenvalue weighted by atomic mass is 35.5. The van der Waals surface area contributed by atoms with Gasteiger partial charge < -0.3 is 10.6 Å². The van der Waals surface area contributed by atoms with Crippen molar-refractivity contribution in [3.63, 3.8) is 0 Å². The van der Waals surface area contributed by atoms with E-state index >= 15 is 0 Å². The second-order valence-corrected chi connectivity index (χ2v) is 5.80. The van der Waals surface area contributed by atoms with Crippen molar-refractivity contribution >= 4 is 29.1 Å². The number of anilines is 1. The van der Waals surface area contributed by atoms with Gasteiger partial charge in [-0.2, -0.15) is 18.4 Å². The lowest BCUT2D eigenvalue weighted by Gasteiger charge is -2.37. The SMILES string of the molecule is Cl.N#Cc1cccc2ccc(N3C[C@H](N)C[C@H](C(F)(F)F)C3)nc12. The molecule has 2 N–H and O–H groups in total. The Balaban J connectivity index is 0.00000208. The fourth-order valence-electron chi connectivity index (χ4n) is 2.97. The Kier molecular flexibility index (Phi) is 5.21. The second kappa shape index (κ2) is 6.83. The molecule has 1 saturated heterocycles. The molecule has 24 heavy (non-hydrogen) atoms. The third-order valence-electron chi connectivity index (χ3n) is 4.10. The Hall–Kier alpha value is -2.04. The summed E-state index contributed by atoms with van der Waals surface area (Å²) < 4.78 is 39.1. The zero-order valence-electron chi connectivity index (χ0n) is 12.6. The average Bonchev–Trinajstić information content (AvgIpc) is 2.52. The number of fused-ring (bicyclic) bond motifs is 1. The monoisotopic (exact) mass is 356 g/mol. The first-order valence-corrected chi connectivity index (χ1v) is 7.25. The van der Waals surface area contributed by atoms with Gasteiger partial charge in [0.05, 0.1) is 17.0 Å². The van der Waals surface area contributed by atoms with E-state index in [9.17, 15) is 13.2 Å². The smallest absolute Gasteiger partial charge is 0.354 e. The molecular formula is C16H16ClF3N4. The number of benzene rings is 1. The number of piperidine rings is 1. The minimum atomic E-state index is -4.27. The van der Waals surface area contributed by atoms with Gasteiger partial charge in [0.25, 0.3) is 0 Å². The van der Waals surface area contributed by atoms with Gasteiger partial charge in [-0.1, -0.05) is 12.1 Å². The van der Waals surface area contributed by atoms with Gasteiger partial charge in [-0.3, -0.25) is 0 Å². The molecule has 1 aromatic carbocycles. The summed E-state index contributed by atoms with van der Waals surface area (Å²) in [5.41, 5.74) is 6.69. The maximum Gasteiger partial charge on any atom is 0.393 e. The number of hydrogen-bond acceptors (Lipinski definition) is 4. The normalized spacial score (nSPS) is 21.2. The molecule has 1 aromatic heterocycles. The number of rotatable bonds is 1. The van der Waals surface area contributed by atoms with E-state index in [1.54, 1.807) is 29.2 Å². The maximum atomic E-state index is 13.0. The highest BCUT2D eigenvalue weighted by molar-refractivity contribution is 5.86. The largest absolute Gasteiger partial charge is 0.393 e. The van der Waals surface area contributed by atoms with Crippen molar-refractivity contribution in [2.75, 3.05) is 18.0 Å². The van der Waals surface area contributed by atoms with Crippen LogP contribution in [0.4, 0.5) is 19.0 Å². The molecule has 1 fully saturated rings. The summed E-state index contributed by atoms with van der Waals surface area (Å²) >= 11 is 0. The second-order valence-electron chi connectivity index (χ2n) is 5.80. The number of pyridine rings is 1. The van der Waals surface area contributed by atoms with E-state index in [4.69, 9.17) is 11.0 Å². The van der Waals surface area contributed by atoms with Crippen molar-refractivity contribution < 1.29 is 13.2 Å². The van der Waals surface area contributed by atoms with Crippen LogP contribution in [0.25, 0.3) is 10.9 Å². The average molecular weight is 357 g/mol. The maximum absolute atomic E-state index is 13.0. The molecule has 8 heteroatoms. The zero-order valence-corrected chi connectivity index (χ0v) is 13.4. The third-order valence-corrected chi connectivity index (χ3v) is 4.10. The summed E-state index contributed by atoms with van der Waals surface area (Å²) in [5, 5.41) is 9.93. The number of halogens is 4. The Morgan fingerprint density at radius 2 is 1.96 bits per heavy atom. The van der Waals surface area contributed by atoms with Crippen molar-refractivity contribution in [2.45, 2.75) is 18.6 Å². The highest BCUT2D eigenvalue weighted by Gasteiger charge is 2.44. The number of alkyl halides is 3. The van der Waals surface area contributed by atoms with Gasteiger partial charge in [-0.05, 0) is 24.6 Å². The van der Waals surface area contributed by atoms with Gasteiger partial charge in [0.15, 0.2) is 0 Å². The van der Waals surface area contributed by atoms with Gasteiger partial charge in [0, 0.05) is 24.5 Å². The molecule has 2 atom stereocenters. The number of aromatic nitrogens is 1. The van der Waals surface area contributed by atoms with Crippen LogP contribution in [0.3, 0.4) is 0 Å². The molecule has 128 valence electrons. The lowest BCUT2D eigenvalue weighted by Crippen LogP contribution is -2.51. The summed E-state index contributed by atoms with van der Waals surface area (Å²) in [7, 11) is 0. The zero-order chi connectivity index (χ0) is 16.6. The summed E-state index contributed by atoms with van der Waals surface area (Å²) in [6, 6.07) is 10.1. The first kappa shape index (κ1) is 18.3. The lowest BCUT2D eigenvalue weighted by atomic mass is 9.94. The molecule has 1 aliphatic heterocycles. The third kappa shape index (κ3) is 3.55. The molecule has 0 unspecified atom stereocenters. The molecule has 0 spiro atoms. The Bertz CT molecular complexity index is 772. The van der Waals surface area contributed by atoms with Gasteiger partial charge in [-0.25, -0.2) is 4.98 Å². The number of para-hydroxylation sites is 1. The Morgan fingerprint density at radius 1 is 1.21 bits per heavy atom. The fourth-order valence-corrected chi connectivity index (χ4v) is 2.97. The van der Waals surface area contributed by atoms with E-state index in [0.717, 1.165) is 5.39 Å². The minimum Gasteiger partial charge on any atom is -0.354 e. The summed E-state index contributed by atoms with van der Waals surface area (Å²) in [6.07, 6.45) is -4.35. The van der Waals surface area contributed by atoms with Crippen molar-refractivity contribution in [3.8, 4) is 6.07 Å². The Morgan fingerprint density at radius 3 is 2.62 bits per heavy atom. The Labute approximate surface area is 143 Å². The molecule has 0 aliphatic carbocycles. The van der Waals surface area contributed by atoms with Crippen LogP contribution in [-0.2, 0) is 0 Å². The molecule has 0 amide bonds. The molecule has 0 radical (unpaired) electrons. The van der Waals surface area contributed by atoms with E-state index < -0.39 is 18.1 Å². The van der Waals surface area contributed by atoms with Crippen molar-refractivity contribution in [2.24, 2.45) is 11.7 Å². The first-order chi connectivity index (χ1) is 10.9. The molecule has 0 saturated carbocycles. The molecular weight excluding hydrogens is 341 g/mol. The molecule has 4 nitrogen and oxygen atoms in total. The van der Waals surface area contributed by atoms with E-state index in [0.29, 0.717) is 23.4 Å². The fraction of sp³-hybridized carbons (Fsp3) is 0.375. The first-order valence-electron chi connectivity index (χ1n) is 7.25. The van der Waals surface area contributed by atoms with Crippen LogP contribution in [0.15, 0.2) is 30.3 Å². The van der Waals surface area contributed by atoms with Gasteiger partial charge >= 0.3 is 6.18 Å². The number of nitrogens with zero attached hydrogens (tertiary/aromatic N) is 3. The van der Waals surface area contributed by atoms with Gasteiger partial charge in [0.1, 0.15) is 11.9 Å². The lowest BCUT2D eigenvalue weighted by molar-refractivity contribution is -0.177. The van der Waals surface area contributed by atoms with Crippen LogP contribution in [0.1, 0.15) is 12.0 Å². The van der Waals surface area contributed by atoms with Crippen LogP contribution in [-0.4, -0.2) is 30.3 Å². The van der Waals surface area contributed by atoms with Crippen LogP contribution >= 0.6 is 12.4 Å². The van der Waals surface area contributed by atoms with Crippen molar-refractivity contribution in [1.29, 1.82) is 5.26 Å².